The molecule has 0 unspecified atom stereocenters. The molecule has 5 nitrogen and oxygen atoms in total. The number of rotatable bonds is 6. The Morgan fingerprint density at radius 3 is 2.61 bits per heavy atom. The van der Waals surface area contributed by atoms with Crippen molar-refractivity contribution in [2.75, 3.05) is 25.5 Å². The van der Waals surface area contributed by atoms with Crippen LogP contribution in [0.1, 0.15) is 29.9 Å². The Kier molecular flexibility index (Phi) is 5.57. The van der Waals surface area contributed by atoms with Gasteiger partial charge in [-0.05, 0) is 50.6 Å². The summed E-state index contributed by atoms with van der Waals surface area (Å²) in [6.45, 7) is 7.27. The van der Waals surface area contributed by atoms with Crippen LogP contribution in [0.25, 0.3) is 0 Å². The predicted molar refractivity (Wildman–Crippen MR) is 92.5 cm³/mol. The van der Waals surface area contributed by atoms with E-state index in [0.717, 1.165) is 22.7 Å². The Labute approximate surface area is 137 Å². The smallest absolute Gasteiger partial charge is 0.272 e. The molecule has 1 heterocycles. The van der Waals surface area contributed by atoms with Gasteiger partial charge >= 0.3 is 0 Å². The molecule has 1 aromatic carbocycles. The number of ether oxygens (including phenoxy) is 1. The standard InChI is InChI=1S/C18H23N3O2/c1-5-21(6-2)18(22)16-12-14(9-10-19-16)20-15-11-13(3)7-8-17(15)23-4/h7-12H,5-6H2,1-4H3,(H,19,20). The van der Waals surface area contributed by atoms with Crippen molar-refractivity contribution in [3.8, 4) is 5.75 Å². The van der Waals surface area contributed by atoms with Crippen LogP contribution in [0, 0.1) is 6.92 Å². The first-order valence-electron chi connectivity index (χ1n) is 7.76. The van der Waals surface area contributed by atoms with E-state index in [4.69, 9.17) is 4.74 Å². The van der Waals surface area contributed by atoms with Crippen molar-refractivity contribution < 1.29 is 9.53 Å². The van der Waals surface area contributed by atoms with Gasteiger partial charge in [0.1, 0.15) is 11.4 Å². The van der Waals surface area contributed by atoms with Crippen LogP contribution >= 0.6 is 0 Å². The molecule has 0 saturated heterocycles. The molecule has 1 amide bonds. The molecule has 0 spiro atoms. The first kappa shape index (κ1) is 16.8. The number of hydrogen-bond acceptors (Lipinski definition) is 4. The number of hydrogen-bond donors (Lipinski definition) is 1. The van der Waals surface area contributed by atoms with Gasteiger partial charge in [-0.15, -0.1) is 0 Å². The van der Waals surface area contributed by atoms with Gasteiger partial charge < -0.3 is 15.0 Å². The molecule has 0 saturated carbocycles. The molecule has 2 aromatic rings. The fourth-order valence-corrected chi connectivity index (χ4v) is 2.37. The molecule has 0 radical (unpaired) electrons. The lowest BCUT2D eigenvalue weighted by molar-refractivity contribution is 0.0767. The zero-order valence-electron chi connectivity index (χ0n) is 14.1. The summed E-state index contributed by atoms with van der Waals surface area (Å²) in [5.41, 5.74) is 3.23. The van der Waals surface area contributed by atoms with Crippen molar-refractivity contribution in [2.24, 2.45) is 0 Å². The summed E-state index contributed by atoms with van der Waals surface area (Å²) in [6, 6.07) is 9.51. The number of anilines is 2. The third-order valence-corrected chi connectivity index (χ3v) is 3.66. The SMILES string of the molecule is CCN(CC)C(=O)c1cc(Nc2cc(C)ccc2OC)ccn1. The maximum absolute atomic E-state index is 12.4. The Balaban J connectivity index is 2.27. The number of aryl methyl sites for hydroxylation is 1. The topological polar surface area (TPSA) is 54.5 Å². The number of amides is 1. The summed E-state index contributed by atoms with van der Waals surface area (Å²) in [4.78, 5) is 18.3. The second kappa shape index (κ2) is 7.63. The molecular weight excluding hydrogens is 290 g/mol. The molecule has 1 aromatic heterocycles. The minimum atomic E-state index is -0.0603. The van der Waals surface area contributed by atoms with Gasteiger partial charge in [-0.2, -0.15) is 0 Å². The molecule has 0 atom stereocenters. The van der Waals surface area contributed by atoms with E-state index in [-0.39, 0.29) is 5.91 Å². The second-order valence-electron chi connectivity index (χ2n) is 5.24. The highest BCUT2D eigenvalue weighted by molar-refractivity contribution is 5.93. The fourth-order valence-electron chi connectivity index (χ4n) is 2.37. The van der Waals surface area contributed by atoms with E-state index in [1.807, 2.05) is 45.0 Å². The van der Waals surface area contributed by atoms with Gasteiger partial charge in [-0.1, -0.05) is 6.07 Å². The Hall–Kier alpha value is -2.56. The van der Waals surface area contributed by atoms with E-state index < -0.39 is 0 Å². The average molecular weight is 313 g/mol. The monoisotopic (exact) mass is 313 g/mol. The first-order chi connectivity index (χ1) is 11.1. The average Bonchev–Trinajstić information content (AvgIpc) is 2.56. The van der Waals surface area contributed by atoms with Gasteiger partial charge in [-0.25, -0.2) is 0 Å². The minimum absolute atomic E-state index is 0.0603. The molecule has 0 bridgehead atoms. The number of pyridine rings is 1. The van der Waals surface area contributed by atoms with E-state index in [0.29, 0.717) is 18.8 Å². The number of aromatic nitrogens is 1. The molecule has 0 aliphatic carbocycles. The largest absolute Gasteiger partial charge is 0.495 e. The normalized spacial score (nSPS) is 10.3. The highest BCUT2D eigenvalue weighted by Gasteiger charge is 2.14. The molecule has 1 N–H and O–H groups in total. The number of methoxy groups -OCH3 is 1. The quantitative estimate of drug-likeness (QED) is 0.885. The molecular formula is C18H23N3O2. The Morgan fingerprint density at radius 1 is 1.22 bits per heavy atom. The van der Waals surface area contributed by atoms with Gasteiger partial charge in [0.2, 0.25) is 0 Å². The van der Waals surface area contributed by atoms with E-state index in [2.05, 4.69) is 10.3 Å². The lowest BCUT2D eigenvalue weighted by Gasteiger charge is -2.18. The van der Waals surface area contributed by atoms with Crippen LogP contribution in [0.5, 0.6) is 5.75 Å². The zero-order chi connectivity index (χ0) is 16.8. The van der Waals surface area contributed by atoms with Crippen molar-refractivity contribution in [3.05, 3.63) is 47.8 Å². The summed E-state index contributed by atoms with van der Waals surface area (Å²) in [7, 11) is 1.64. The van der Waals surface area contributed by atoms with E-state index >= 15 is 0 Å². The van der Waals surface area contributed by atoms with Gasteiger partial charge in [0, 0.05) is 25.0 Å². The van der Waals surface area contributed by atoms with Crippen LogP contribution < -0.4 is 10.1 Å². The minimum Gasteiger partial charge on any atom is -0.495 e. The first-order valence-corrected chi connectivity index (χ1v) is 7.76. The van der Waals surface area contributed by atoms with Crippen molar-refractivity contribution >= 4 is 17.3 Å². The molecule has 0 aliphatic rings. The van der Waals surface area contributed by atoms with Crippen LogP contribution in [-0.4, -0.2) is 36.0 Å². The lowest BCUT2D eigenvalue weighted by Crippen LogP contribution is -2.31. The summed E-state index contributed by atoms with van der Waals surface area (Å²) < 4.78 is 5.37. The van der Waals surface area contributed by atoms with Crippen molar-refractivity contribution in [1.82, 2.24) is 9.88 Å². The molecule has 23 heavy (non-hydrogen) atoms. The van der Waals surface area contributed by atoms with Crippen LogP contribution in [-0.2, 0) is 0 Å². The number of carbonyl (C=O) groups excluding carboxylic acids is 1. The zero-order valence-corrected chi connectivity index (χ0v) is 14.1. The van der Waals surface area contributed by atoms with Gasteiger partial charge in [-0.3, -0.25) is 9.78 Å². The third-order valence-electron chi connectivity index (χ3n) is 3.66. The Morgan fingerprint density at radius 2 is 1.96 bits per heavy atom. The molecule has 5 heteroatoms. The van der Waals surface area contributed by atoms with E-state index in [1.165, 1.54) is 0 Å². The molecule has 122 valence electrons. The van der Waals surface area contributed by atoms with Gasteiger partial charge in [0.25, 0.3) is 5.91 Å². The molecule has 0 fully saturated rings. The van der Waals surface area contributed by atoms with Crippen molar-refractivity contribution in [2.45, 2.75) is 20.8 Å². The Bertz CT molecular complexity index is 682. The van der Waals surface area contributed by atoms with Crippen LogP contribution in [0.4, 0.5) is 11.4 Å². The second-order valence-corrected chi connectivity index (χ2v) is 5.24. The third kappa shape index (κ3) is 4.00. The maximum atomic E-state index is 12.4. The maximum Gasteiger partial charge on any atom is 0.272 e. The summed E-state index contributed by atoms with van der Waals surface area (Å²) in [6.07, 6.45) is 1.64. The van der Waals surface area contributed by atoms with Crippen LogP contribution in [0.2, 0.25) is 0 Å². The summed E-state index contributed by atoms with van der Waals surface area (Å²) in [5, 5.41) is 3.30. The highest BCUT2D eigenvalue weighted by Crippen LogP contribution is 2.28. The lowest BCUT2D eigenvalue weighted by atomic mass is 10.2. The fraction of sp³-hybridized carbons (Fsp3) is 0.333. The van der Waals surface area contributed by atoms with E-state index in [1.54, 1.807) is 24.3 Å². The van der Waals surface area contributed by atoms with Crippen LogP contribution in [0.15, 0.2) is 36.5 Å². The number of carbonyl (C=O) groups is 1. The van der Waals surface area contributed by atoms with E-state index in [9.17, 15) is 4.79 Å². The van der Waals surface area contributed by atoms with Crippen molar-refractivity contribution in [3.63, 3.8) is 0 Å². The number of benzene rings is 1. The summed E-state index contributed by atoms with van der Waals surface area (Å²) in [5.74, 6) is 0.693. The molecule has 0 aliphatic heterocycles. The number of nitrogens with one attached hydrogen (secondary N) is 1. The summed E-state index contributed by atoms with van der Waals surface area (Å²) >= 11 is 0. The highest BCUT2D eigenvalue weighted by atomic mass is 16.5. The molecule has 2 rings (SSSR count). The van der Waals surface area contributed by atoms with Gasteiger partial charge in [0.05, 0.1) is 12.8 Å². The van der Waals surface area contributed by atoms with Crippen molar-refractivity contribution in [1.29, 1.82) is 0 Å². The number of nitrogens with zero attached hydrogens (tertiary/aromatic N) is 2. The predicted octanol–water partition coefficient (Wildman–Crippen LogP) is 3.62. The van der Waals surface area contributed by atoms with Gasteiger partial charge in [0.15, 0.2) is 0 Å². The van der Waals surface area contributed by atoms with Crippen LogP contribution in [0.3, 0.4) is 0 Å².